The Kier molecular flexibility index (Phi) is 5.56. The lowest BCUT2D eigenvalue weighted by atomic mass is 9.87. The Hall–Kier alpha value is -1.97. The van der Waals surface area contributed by atoms with Gasteiger partial charge in [-0.1, -0.05) is 50.3 Å². The Morgan fingerprint density at radius 1 is 1.09 bits per heavy atom. The van der Waals surface area contributed by atoms with Gasteiger partial charge in [-0.3, -0.25) is 0 Å². The maximum Gasteiger partial charge on any atom is 0.314 e. The van der Waals surface area contributed by atoms with Gasteiger partial charge in [0, 0.05) is 30.2 Å². The van der Waals surface area contributed by atoms with E-state index in [2.05, 4.69) is 27.8 Å². The summed E-state index contributed by atoms with van der Waals surface area (Å²) in [5, 5.41) is 7.19. The molecule has 1 fully saturated rings. The molecule has 1 heterocycles. The van der Waals surface area contributed by atoms with E-state index in [1.165, 1.54) is 43.1 Å². The molecule has 0 spiro atoms. The molecule has 3 N–H and O–H groups in total. The first-order chi connectivity index (χ1) is 11.3. The summed E-state index contributed by atoms with van der Waals surface area (Å²) >= 11 is 0. The third kappa shape index (κ3) is 4.50. The van der Waals surface area contributed by atoms with Gasteiger partial charge >= 0.3 is 6.03 Å². The van der Waals surface area contributed by atoms with Crippen molar-refractivity contribution in [2.75, 3.05) is 13.1 Å². The maximum atomic E-state index is 11.8. The molecule has 0 bridgehead atoms. The van der Waals surface area contributed by atoms with Gasteiger partial charge in [-0.15, -0.1) is 0 Å². The lowest BCUT2D eigenvalue weighted by molar-refractivity contribution is 0.239. The molecule has 0 radical (unpaired) electrons. The van der Waals surface area contributed by atoms with Gasteiger partial charge in [-0.2, -0.15) is 0 Å². The minimum Gasteiger partial charge on any atom is -0.361 e. The number of para-hydroxylation sites is 1. The molecule has 23 heavy (non-hydrogen) atoms. The smallest absolute Gasteiger partial charge is 0.314 e. The summed E-state index contributed by atoms with van der Waals surface area (Å²) in [5.74, 6) is 0.815. The molecule has 2 aromatic rings. The average molecular weight is 313 g/mol. The summed E-state index contributed by atoms with van der Waals surface area (Å²) in [5.41, 5.74) is 2.41. The second kappa shape index (κ2) is 8.04. The standard InChI is InChI=1S/C19H27N3O/c23-19(20-12-10-15-6-2-1-3-7-15)21-13-11-16-14-22-18-9-5-4-8-17(16)18/h4-5,8-9,14-15,22H,1-3,6-7,10-13H2,(H2,20,21,23). The zero-order chi connectivity index (χ0) is 15.9. The Bertz CT molecular complexity index is 628. The zero-order valence-corrected chi connectivity index (χ0v) is 13.7. The number of aromatic amines is 1. The van der Waals surface area contributed by atoms with E-state index in [1.54, 1.807) is 0 Å². The van der Waals surface area contributed by atoms with E-state index in [1.807, 2.05) is 18.3 Å². The van der Waals surface area contributed by atoms with Crippen molar-refractivity contribution in [1.82, 2.24) is 15.6 Å². The van der Waals surface area contributed by atoms with E-state index in [0.717, 1.165) is 30.8 Å². The second-order valence-corrected chi connectivity index (χ2v) is 6.58. The molecule has 2 amide bonds. The van der Waals surface area contributed by atoms with Crippen LogP contribution in [0.3, 0.4) is 0 Å². The van der Waals surface area contributed by atoms with Crippen LogP contribution in [0.4, 0.5) is 4.79 Å². The Labute approximate surface area is 138 Å². The van der Waals surface area contributed by atoms with Crippen LogP contribution in [-0.2, 0) is 6.42 Å². The van der Waals surface area contributed by atoms with E-state index >= 15 is 0 Å². The molecule has 0 aliphatic heterocycles. The molecule has 1 saturated carbocycles. The number of hydrogen-bond acceptors (Lipinski definition) is 1. The molecule has 0 saturated heterocycles. The van der Waals surface area contributed by atoms with E-state index < -0.39 is 0 Å². The molecule has 0 atom stereocenters. The number of H-pyrrole nitrogens is 1. The molecule has 1 aliphatic rings. The first-order valence-corrected chi connectivity index (χ1v) is 8.89. The van der Waals surface area contributed by atoms with Crippen LogP contribution in [0, 0.1) is 5.92 Å². The highest BCUT2D eigenvalue weighted by atomic mass is 16.2. The molecule has 4 nitrogen and oxygen atoms in total. The number of urea groups is 1. The van der Waals surface area contributed by atoms with E-state index in [9.17, 15) is 4.79 Å². The molecular formula is C19H27N3O. The topological polar surface area (TPSA) is 56.9 Å². The fourth-order valence-corrected chi connectivity index (χ4v) is 3.58. The van der Waals surface area contributed by atoms with Gasteiger partial charge in [0.15, 0.2) is 0 Å². The van der Waals surface area contributed by atoms with Crippen molar-refractivity contribution >= 4 is 16.9 Å². The van der Waals surface area contributed by atoms with E-state index in [4.69, 9.17) is 0 Å². The normalized spacial score (nSPS) is 15.7. The highest BCUT2D eigenvalue weighted by Gasteiger charge is 2.13. The maximum absolute atomic E-state index is 11.8. The SMILES string of the molecule is O=C(NCCc1c[nH]c2ccccc12)NCCC1CCCCC1. The van der Waals surface area contributed by atoms with Crippen molar-refractivity contribution in [3.63, 3.8) is 0 Å². The number of hydrogen-bond donors (Lipinski definition) is 3. The summed E-state index contributed by atoms with van der Waals surface area (Å²) < 4.78 is 0. The quantitative estimate of drug-likeness (QED) is 0.742. The van der Waals surface area contributed by atoms with Crippen molar-refractivity contribution < 1.29 is 4.79 Å². The average Bonchev–Trinajstić information content (AvgIpc) is 2.99. The number of fused-ring (bicyclic) bond motifs is 1. The molecule has 0 unspecified atom stereocenters. The first kappa shape index (κ1) is 15.9. The lowest BCUT2D eigenvalue weighted by Gasteiger charge is -2.21. The van der Waals surface area contributed by atoms with Gasteiger partial charge in [-0.25, -0.2) is 4.79 Å². The van der Waals surface area contributed by atoms with Gasteiger partial charge in [0.1, 0.15) is 0 Å². The van der Waals surface area contributed by atoms with Crippen LogP contribution in [0.2, 0.25) is 0 Å². The van der Waals surface area contributed by atoms with Gasteiger partial charge in [0.05, 0.1) is 0 Å². The van der Waals surface area contributed by atoms with Crippen molar-refractivity contribution in [2.24, 2.45) is 5.92 Å². The van der Waals surface area contributed by atoms with Crippen LogP contribution in [0.25, 0.3) is 10.9 Å². The van der Waals surface area contributed by atoms with Crippen molar-refractivity contribution in [2.45, 2.75) is 44.9 Å². The molecule has 1 aromatic heterocycles. The molecular weight excluding hydrogens is 286 g/mol. The second-order valence-electron chi connectivity index (χ2n) is 6.58. The molecule has 4 heteroatoms. The summed E-state index contributed by atoms with van der Waals surface area (Å²) in [7, 11) is 0. The number of nitrogens with one attached hydrogen (secondary N) is 3. The van der Waals surface area contributed by atoms with Crippen molar-refractivity contribution in [3.05, 3.63) is 36.0 Å². The van der Waals surface area contributed by atoms with Crippen LogP contribution in [0.15, 0.2) is 30.5 Å². The number of aromatic nitrogens is 1. The molecule has 3 rings (SSSR count). The summed E-state index contributed by atoms with van der Waals surface area (Å²) in [6.07, 6.45) is 10.8. The van der Waals surface area contributed by atoms with E-state index in [0.29, 0.717) is 6.54 Å². The van der Waals surface area contributed by atoms with Gasteiger partial charge < -0.3 is 15.6 Å². The van der Waals surface area contributed by atoms with Crippen molar-refractivity contribution in [3.8, 4) is 0 Å². The monoisotopic (exact) mass is 313 g/mol. The Balaban J connectivity index is 1.34. The van der Waals surface area contributed by atoms with Crippen LogP contribution in [0.1, 0.15) is 44.1 Å². The van der Waals surface area contributed by atoms with Crippen molar-refractivity contribution in [1.29, 1.82) is 0 Å². The number of carbonyl (C=O) groups is 1. The molecule has 124 valence electrons. The summed E-state index contributed by atoms with van der Waals surface area (Å²) in [6.45, 7) is 1.46. The van der Waals surface area contributed by atoms with E-state index in [-0.39, 0.29) is 6.03 Å². The third-order valence-corrected chi connectivity index (χ3v) is 4.92. The predicted octanol–water partition coefficient (Wildman–Crippen LogP) is 3.98. The third-order valence-electron chi connectivity index (χ3n) is 4.92. The summed E-state index contributed by atoms with van der Waals surface area (Å²) in [4.78, 5) is 15.1. The minimum atomic E-state index is -0.0411. The van der Waals surface area contributed by atoms with Crippen LogP contribution in [-0.4, -0.2) is 24.1 Å². The largest absolute Gasteiger partial charge is 0.361 e. The fraction of sp³-hybridized carbons (Fsp3) is 0.526. The Morgan fingerprint density at radius 2 is 1.87 bits per heavy atom. The van der Waals surface area contributed by atoms with Gasteiger partial charge in [0.2, 0.25) is 0 Å². The highest BCUT2D eigenvalue weighted by molar-refractivity contribution is 5.83. The predicted molar refractivity (Wildman–Crippen MR) is 94.6 cm³/mol. The van der Waals surface area contributed by atoms with Gasteiger partial charge in [-0.05, 0) is 30.4 Å². The zero-order valence-electron chi connectivity index (χ0n) is 13.7. The first-order valence-electron chi connectivity index (χ1n) is 8.89. The minimum absolute atomic E-state index is 0.0411. The number of benzene rings is 1. The lowest BCUT2D eigenvalue weighted by Crippen LogP contribution is -2.37. The highest BCUT2D eigenvalue weighted by Crippen LogP contribution is 2.25. The molecule has 1 aliphatic carbocycles. The fourth-order valence-electron chi connectivity index (χ4n) is 3.58. The number of rotatable bonds is 6. The van der Waals surface area contributed by atoms with Crippen LogP contribution < -0.4 is 10.6 Å². The van der Waals surface area contributed by atoms with Gasteiger partial charge in [0.25, 0.3) is 0 Å². The summed E-state index contributed by atoms with van der Waals surface area (Å²) in [6, 6.07) is 8.22. The number of amides is 2. The molecule has 1 aromatic carbocycles. The van der Waals surface area contributed by atoms with Crippen LogP contribution in [0.5, 0.6) is 0 Å². The number of carbonyl (C=O) groups excluding carboxylic acids is 1. The Morgan fingerprint density at radius 3 is 2.74 bits per heavy atom. The van der Waals surface area contributed by atoms with Crippen LogP contribution >= 0.6 is 0 Å².